The van der Waals surface area contributed by atoms with Crippen LogP contribution in [-0.4, -0.2) is 35.5 Å². The second-order valence-corrected chi connectivity index (χ2v) is 5.19. The first-order valence-corrected chi connectivity index (χ1v) is 7.29. The average molecular weight is 285 g/mol. The Kier molecular flexibility index (Phi) is 4.82. The van der Waals surface area contributed by atoms with Crippen molar-refractivity contribution in [3.8, 4) is 0 Å². The van der Waals surface area contributed by atoms with Crippen LogP contribution in [0.4, 0.5) is 5.69 Å². The van der Waals surface area contributed by atoms with Gasteiger partial charge in [-0.25, -0.2) is 4.68 Å². The van der Waals surface area contributed by atoms with Crippen LogP contribution in [0.2, 0.25) is 5.02 Å². The molecule has 19 heavy (non-hydrogen) atoms. The lowest BCUT2D eigenvalue weighted by molar-refractivity contribution is 0.430. The van der Waals surface area contributed by atoms with Gasteiger partial charge in [-0.2, -0.15) is 5.10 Å². The minimum atomic E-state index is -0.202. The molecule has 106 valence electrons. The molecule has 0 aromatic carbocycles. The van der Waals surface area contributed by atoms with Crippen LogP contribution in [0, 0.1) is 0 Å². The van der Waals surface area contributed by atoms with E-state index in [0.29, 0.717) is 12.6 Å². The summed E-state index contributed by atoms with van der Waals surface area (Å²) in [6.07, 6.45) is 3.98. The third-order valence-electron chi connectivity index (χ3n) is 3.52. The molecular weight excluding hydrogens is 264 g/mol. The molecule has 0 amide bonds. The second kappa shape index (κ2) is 6.39. The number of rotatable bonds is 4. The van der Waals surface area contributed by atoms with Crippen LogP contribution in [0.5, 0.6) is 0 Å². The number of anilines is 1. The fourth-order valence-corrected chi connectivity index (χ4v) is 2.82. The third-order valence-corrected chi connectivity index (χ3v) is 3.88. The van der Waals surface area contributed by atoms with Gasteiger partial charge in [-0.15, -0.1) is 0 Å². The zero-order valence-corrected chi connectivity index (χ0v) is 12.3. The summed E-state index contributed by atoms with van der Waals surface area (Å²) in [6.45, 7) is 7.30. The molecule has 0 radical (unpaired) electrons. The van der Waals surface area contributed by atoms with Crippen LogP contribution in [0.3, 0.4) is 0 Å². The molecule has 2 rings (SSSR count). The zero-order chi connectivity index (χ0) is 13.8. The molecule has 1 fully saturated rings. The molecule has 0 aliphatic carbocycles. The largest absolute Gasteiger partial charge is 0.367 e. The number of aryl methyl sites for hydroxylation is 1. The molecule has 2 heterocycles. The standard InChI is InChI=1S/C13H21ClN4O/c1-3-15-10-6-5-7-17(9-10)11-8-16-18(4-2)13(19)12(11)14/h8,10,15H,3-7,9H2,1-2H3. The van der Waals surface area contributed by atoms with Crippen molar-refractivity contribution in [1.29, 1.82) is 0 Å². The van der Waals surface area contributed by atoms with E-state index in [1.807, 2.05) is 6.92 Å². The summed E-state index contributed by atoms with van der Waals surface area (Å²) < 4.78 is 1.39. The van der Waals surface area contributed by atoms with E-state index in [0.717, 1.165) is 31.7 Å². The number of piperidine rings is 1. The molecule has 0 bridgehead atoms. The Morgan fingerprint density at radius 3 is 3.00 bits per heavy atom. The first-order valence-electron chi connectivity index (χ1n) is 6.91. The third kappa shape index (κ3) is 3.09. The Hall–Kier alpha value is -1.07. The Morgan fingerprint density at radius 1 is 1.53 bits per heavy atom. The number of hydrogen-bond donors (Lipinski definition) is 1. The molecular formula is C13H21ClN4O. The maximum atomic E-state index is 12.0. The van der Waals surface area contributed by atoms with Crippen molar-refractivity contribution in [3.63, 3.8) is 0 Å². The molecule has 1 unspecified atom stereocenters. The summed E-state index contributed by atoms with van der Waals surface area (Å²) in [5.41, 5.74) is 0.561. The molecule has 1 aromatic heterocycles. The van der Waals surface area contributed by atoms with Gasteiger partial charge in [0.1, 0.15) is 5.02 Å². The van der Waals surface area contributed by atoms with E-state index in [1.54, 1.807) is 6.20 Å². The summed E-state index contributed by atoms with van der Waals surface area (Å²) in [7, 11) is 0. The summed E-state index contributed by atoms with van der Waals surface area (Å²) in [6, 6.07) is 0.462. The maximum Gasteiger partial charge on any atom is 0.287 e. The van der Waals surface area contributed by atoms with E-state index in [2.05, 4.69) is 22.2 Å². The van der Waals surface area contributed by atoms with Crippen LogP contribution >= 0.6 is 11.6 Å². The first kappa shape index (κ1) is 14.3. The average Bonchev–Trinajstić information content (AvgIpc) is 2.42. The van der Waals surface area contributed by atoms with E-state index in [9.17, 15) is 4.79 Å². The van der Waals surface area contributed by atoms with Crippen molar-refractivity contribution >= 4 is 17.3 Å². The molecule has 1 aliphatic rings. The Balaban J connectivity index is 2.22. The van der Waals surface area contributed by atoms with Crippen molar-refractivity contribution in [3.05, 3.63) is 21.6 Å². The first-order chi connectivity index (χ1) is 9.17. The van der Waals surface area contributed by atoms with Crippen molar-refractivity contribution < 1.29 is 0 Å². The van der Waals surface area contributed by atoms with E-state index in [-0.39, 0.29) is 10.6 Å². The SMILES string of the molecule is CCNC1CCCN(c2cnn(CC)c(=O)c2Cl)C1. The summed E-state index contributed by atoms with van der Waals surface area (Å²) in [5.74, 6) is 0. The van der Waals surface area contributed by atoms with Gasteiger partial charge in [0.2, 0.25) is 0 Å². The van der Waals surface area contributed by atoms with E-state index in [4.69, 9.17) is 11.6 Å². The minimum Gasteiger partial charge on any atom is -0.367 e. The van der Waals surface area contributed by atoms with E-state index < -0.39 is 0 Å². The zero-order valence-electron chi connectivity index (χ0n) is 11.5. The van der Waals surface area contributed by atoms with Crippen LogP contribution in [-0.2, 0) is 6.54 Å². The summed E-state index contributed by atoms with van der Waals surface area (Å²) in [5, 5.41) is 7.90. The van der Waals surface area contributed by atoms with Gasteiger partial charge < -0.3 is 10.2 Å². The number of nitrogens with zero attached hydrogens (tertiary/aromatic N) is 3. The molecule has 1 aromatic rings. The highest BCUT2D eigenvalue weighted by Gasteiger charge is 2.22. The van der Waals surface area contributed by atoms with E-state index in [1.165, 1.54) is 11.1 Å². The predicted octanol–water partition coefficient (Wildman–Crippen LogP) is 1.49. The lowest BCUT2D eigenvalue weighted by atomic mass is 10.1. The number of nitrogens with one attached hydrogen (secondary N) is 1. The van der Waals surface area contributed by atoms with Gasteiger partial charge in [-0.05, 0) is 26.3 Å². The van der Waals surface area contributed by atoms with Gasteiger partial charge in [0, 0.05) is 25.7 Å². The van der Waals surface area contributed by atoms with Crippen LogP contribution in [0.25, 0.3) is 0 Å². The fraction of sp³-hybridized carbons (Fsp3) is 0.692. The smallest absolute Gasteiger partial charge is 0.287 e. The minimum absolute atomic E-state index is 0.202. The molecule has 0 spiro atoms. The van der Waals surface area contributed by atoms with E-state index >= 15 is 0 Å². The van der Waals surface area contributed by atoms with Crippen molar-refractivity contribution in [1.82, 2.24) is 15.1 Å². The van der Waals surface area contributed by atoms with Crippen LogP contribution in [0.1, 0.15) is 26.7 Å². The normalized spacial score (nSPS) is 19.7. The topological polar surface area (TPSA) is 50.2 Å². The Morgan fingerprint density at radius 2 is 2.32 bits per heavy atom. The Labute approximate surface area is 118 Å². The Bertz CT molecular complexity index is 486. The summed E-state index contributed by atoms with van der Waals surface area (Å²) >= 11 is 6.20. The molecule has 1 N–H and O–H groups in total. The quantitative estimate of drug-likeness (QED) is 0.910. The van der Waals surface area contributed by atoms with Gasteiger partial charge in [-0.3, -0.25) is 4.79 Å². The highest BCUT2D eigenvalue weighted by molar-refractivity contribution is 6.33. The molecule has 1 aliphatic heterocycles. The van der Waals surface area contributed by atoms with Crippen LogP contribution < -0.4 is 15.8 Å². The number of halogens is 1. The molecule has 0 saturated carbocycles. The molecule has 1 saturated heterocycles. The lowest BCUT2D eigenvalue weighted by Gasteiger charge is -2.34. The molecule has 5 nitrogen and oxygen atoms in total. The monoisotopic (exact) mass is 284 g/mol. The number of likely N-dealkylation sites (N-methyl/N-ethyl adjacent to an activating group) is 1. The van der Waals surface area contributed by atoms with Gasteiger partial charge in [0.15, 0.2) is 0 Å². The van der Waals surface area contributed by atoms with Gasteiger partial charge >= 0.3 is 0 Å². The highest BCUT2D eigenvalue weighted by Crippen LogP contribution is 2.24. The fourth-order valence-electron chi connectivity index (χ4n) is 2.55. The maximum absolute atomic E-state index is 12.0. The van der Waals surface area contributed by atoms with Crippen LogP contribution in [0.15, 0.2) is 11.0 Å². The van der Waals surface area contributed by atoms with Gasteiger partial charge in [0.05, 0.1) is 11.9 Å². The lowest BCUT2D eigenvalue weighted by Crippen LogP contribution is -2.46. The predicted molar refractivity (Wildman–Crippen MR) is 78.1 cm³/mol. The molecule has 1 atom stereocenters. The number of aromatic nitrogens is 2. The summed E-state index contributed by atoms with van der Waals surface area (Å²) in [4.78, 5) is 14.2. The molecule has 6 heteroatoms. The highest BCUT2D eigenvalue weighted by atomic mass is 35.5. The second-order valence-electron chi connectivity index (χ2n) is 4.81. The van der Waals surface area contributed by atoms with Crippen molar-refractivity contribution in [2.24, 2.45) is 0 Å². The van der Waals surface area contributed by atoms with Crippen molar-refractivity contribution in [2.45, 2.75) is 39.3 Å². The number of hydrogen-bond acceptors (Lipinski definition) is 4. The van der Waals surface area contributed by atoms with Gasteiger partial charge in [0.25, 0.3) is 5.56 Å². The van der Waals surface area contributed by atoms with Crippen molar-refractivity contribution in [2.75, 3.05) is 24.5 Å². The van der Waals surface area contributed by atoms with Gasteiger partial charge in [-0.1, -0.05) is 18.5 Å².